The lowest BCUT2D eigenvalue weighted by Gasteiger charge is -2.08. The largest absolute Gasteiger partial charge is 0.478 e. The van der Waals surface area contributed by atoms with Crippen LogP contribution < -0.4 is 0 Å². The van der Waals surface area contributed by atoms with Crippen LogP contribution in [0.15, 0.2) is 30.0 Å². The normalized spacial score (nSPS) is 13.0. The van der Waals surface area contributed by atoms with Gasteiger partial charge in [0.05, 0.1) is 21.3 Å². The maximum Gasteiger partial charge on any atom is 0.336 e. The Labute approximate surface area is 138 Å². The third-order valence-corrected chi connectivity index (χ3v) is 4.66. The van der Waals surface area contributed by atoms with Crippen molar-refractivity contribution in [2.45, 2.75) is 19.8 Å². The van der Waals surface area contributed by atoms with Gasteiger partial charge in [-0.1, -0.05) is 34.8 Å². The van der Waals surface area contributed by atoms with Gasteiger partial charge < -0.3 is 5.11 Å². The minimum absolute atomic E-state index is 0.321. The summed E-state index contributed by atoms with van der Waals surface area (Å²) in [4.78, 5) is 15.5. The van der Waals surface area contributed by atoms with Gasteiger partial charge in [0.15, 0.2) is 0 Å². The fourth-order valence-corrected chi connectivity index (χ4v) is 3.16. The lowest BCUT2D eigenvalue weighted by atomic mass is 10.00. The van der Waals surface area contributed by atoms with Gasteiger partial charge in [0.1, 0.15) is 0 Å². The summed E-state index contributed by atoms with van der Waals surface area (Å²) in [5, 5.41) is 10.4. The average Bonchev–Trinajstić information content (AvgIpc) is 2.86. The number of hydrogen-bond donors (Lipinski definition) is 1. The molecule has 0 amide bonds. The van der Waals surface area contributed by atoms with E-state index in [0.29, 0.717) is 28.5 Å². The monoisotopic (exact) mass is 333 g/mol. The van der Waals surface area contributed by atoms with Crippen molar-refractivity contribution >= 4 is 35.2 Å². The number of allylic oxidation sites excluding steroid dienone is 1. The zero-order valence-electron chi connectivity index (χ0n) is 11.9. The van der Waals surface area contributed by atoms with Crippen LogP contribution in [0.3, 0.4) is 0 Å². The first-order valence-electron chi connectivity index (χ1n) is 6.81. The number of carboxylic acid groups (broad SMARTS) is 1. The van der Waals surface area contributed by atoms with E-state index in [0.717, 1.165) is 28.0 Å². The fourth-order valence-electron chi connectivity index (χ4n) is 2.77. The molecule has 0 atom stereocenters. The lowest BCUT2D eigenvalue weighted by molar-refractivity contribution is 0.0695. The highest BCUT2D eigenvalue weighted by Crippen LogP contribution is 2.31. The Hall–Kier alpha value is -1.84. The number of carbonyl (C=O) groups is 1. The van der Waals surface area contributed by atoms with Crippen LogP contribution in [0.5, 0.6) is 0 Å². The van der Waals surface area contributed by atoms with E-state index in [9.17, 15) is 9.90 Å². The number of pyridine rings is 1. The summed E-state index contributed by atoms with van der Waals surface area (Å²) < 4.78 is 0. The maximum absolute atomic E-state index is 11.3. The molecule has 22 heavy (non-hydrogen) atoms. The van der Waals surface area contributed by atoms with Gasteiger partial charge in [-0.15, -0.1) is 0 Å². The molecule has 1 aliphatic rings. The molecule has 1 N–H and O–H groups in total. The zero-order valence-corrected chi connectivity index (χ0v) is 13.4. The molecule has 0 saturated heterocycles. The van der Waals surface area contributed by atoms with Gasteiger partial charge in [-0.25, -0.2) is 4.79 Å². The van der Waals surface area contributed by atoms with E-state index in [2.05, 4.69) is 4.98 Å². The van der Waals surface area contributed by atoms with Crippen LogP contribution in [0.1, 0.15) is 32.7 Å². The van der Waals surface area contributed by atoms with Crippen LogP contribution in [0.25, 0.3) is 6.08 Å². The van der Waals surface area contributed by atoms with Gasteiger partial charge in [-0.05, 0) is 54.7 Å². The molecule has 0 unspecified atom stereocenters. The third-order valence-electron chi connectivity index (χ3n) is 3.77. The molecule has 5 heteroatoms. The number of fused-ring (bicyclic) bond motifs is 1. The summed E-state index contributed by atoms with van der Waals surface area (Å²) in [5.41, 5.74) is 4.96. The Bertz CT molecular complexity index is 789. The van der Waals surface area contributed by atoms with E-state index in [1.807, 2.05) is 25.1 Å². The number of halogens is 2. The predicted octanol–water partition coefficient (Wildman–Crippen LogP) is 4.58. The highest BCUT2D eigenvalue weighted by Gasteiger charge is 2.21. The van der Waals surface area contributed by atoms with Gasteiger partial charge in [0.25, 0.3) is 0 Å². The van der Waals surface area contributed by atoms with Crippen molar-refractivity contribution in [2.75, 3.05) is 0 Å². The Morgan fingerprint density at radius 2 is 2.14 bits per heavy atom. The van der Waals surface area contributed by atoms with Crippen molar-refractivity contribution in [3.63, 3.8) is 0 Å². The third kappa shape index (κ3) is 2.74. The van der Waals surface area contributed by atoms with Gasteiger partial charge in [0, 0.05) is 6.20 Å². The number of aryl methyl sites for hydroxylation is 1. The second-order valence-electron chi connectivity index (χ2n) is 5.39. The molecule has 1 heterocycles. The number of nitrogens with zero attached hydrogens (tertiary/aromatic N) is 1. The average molecular weight is 334 g/mol. The zero-order chi connectivity index (χ0) is 15.9. The molecule has 1 aromatic carbocycles. The molecule has 0 saturated carbocycles. The minimum atomic E-state index is -0.918. The molecule has 0 spiro atoms. The molecule has 1 aliphatic carbocycles. The van der Waals surface area contributed by atoms with Crippen LogP contribution in [0.2, 0.25) is 10.0 Å². The molecular formula is C17H13Cl2NO2. The van der Waals surface area contributed by atoms with Crippen LogP contribution in [0.4, 0.5) is 0 Å². The number of benzene rings is 1. The van der Waals surface area contributed by atoms with E-state index in [1.54, 1.807) is 6.07 Å². The first-order valence-corrected chi connectivity index (χ1v) is 7.56. The second-order valence-corrected chi connectivity index (χ2v) is 6.18. The summed E-state index contributed by atoms with van der Waals surface area (Å²) >= 11 is 12.2. The summed E-state index contributed by atoms with van der Waals surface area (Å²) in [6.45, 7) is 1.92. The van der Waals surface area contributed by atoms with Crippen LogP contribution in [-0.4, -0.2) is 16.1 Å². The maximum atomic E-state index is 11.3. The van der Waals surface area contributed by atoms with E-state index in [4.69, 9.17) is 23.2 Å². The number of aromatic nitrogens is 1. The van der Waals surface area contributed by atoms with Crippen LogP contribution in [-0.2, 0) is 12.8 Å². The molecule has 1 aromatic heterocycles. The lowest BCUT2D eigenvalue weighted by Crippen LogP contribution is -2.04. The molecule has 3 rings (SSSR count). The predicted molar refractivity (Wildman–Crippen MR) is 87.8 cm³/mol. The van der Waals surface area contributed by atoms with Crippen molar-refractivity contribution in [3.05, 3.63) is 68.0 Å². The summed E-state index contributed by atoms with van der Waals surface area (Å²) in [6.07, 6.45) is 4.79. The van der Waals surface area contributed by atoms with Crippen LogP contribution >= 0.6 is 23.2 Å². The molecule has 0 bridgehead atoms. The van der Waals surface area contributed by atoms with Crippen molar-refractivity contribution in [1.29, 1.82) is 0 Å². The SMILES string of the molecule is Cc1cc(CC2=Cc3nccc(C(=O)O)c3C2)cc(Cl)c1Cl. The highest BCUT2D eigenvalue weighted by atomic mass is 35.5. The van der Waals surface area contributed by atoms with E-state index < -0.39 is 5.97 Å². The van der Waals surface area contributed by atoms with E-state index >= 15 is 0 Å². The fraction of sp³-hybridized carbons (Fsp3) is 0.176. The quantitative estimate of drug-likeness (QED) is 0.894. The van der Waals surface area contributed by atoms with Crippen molar-refractivity contribution in [3.8, 4) is 0 Å². The molecule has 3 nitrogen and oxygen atoms in total. The summed E-state index contributed by atoms with van der Waals surface area (Å²) in [6, 6.07) is 5.40. The Morgan fingerprint density at radius 3 is 2.82 bits per heavy atom. The molecule has 0 aliphatic heterocycles. The number of hydrogen-bond acceptors (Lipinski definition) is 2. The molecular weight excluding hydrogens is 321 g/mol. The standard InChI is InChI=1S/C17H13Cl2NO2/c1-9-4-10(7-14(18)16(9)19)5-11-6-13-12(17(21)22)2-3-20-15(13)8-11/h2-4,7-8H,5-6H2,1H3,(H,21,22). The van der Waals surface area contributed by atoms with Gasteiger partial charge >= 0.3 is 5.97 Å². The van der Waals surface area contributed by atoms with Gasteiger partial charge in [-0.2, -0.15) is 0 Å². The molecule has 2 aromatic rings. The van der Waals surface area contributed by atoms with Crippen LogP contribution in [0, 0.1) is 6.92 Å². The van der Waals surface area contributed by atoms with Gasteiger partial charge in [0.2, 0.25) is 0 Å². The number of aromatic carboxylic acids is 1. The first-order chi connectivity index (χ1) is 10.5. The summed E-state index contributed by atoms with van der Waals surface area (Å²) in [7, 11) is 0. The second kappa shape index (κ2) is 5.75. The van der Waals surface area contributed by atoms with Crippen molar-refractivity contribution in [2.24, 2.45) is 0 Å². The molecule has 0 radical (unpaired) electrons. The Morgan fingerprint density at radius 1 is 1.36 bits per heavy atom. The minimum Gasteiger partial charge on any atom is -0.478 e. The number of carboxylic acids is 1. The van der Waals surface area contributed by atoms with E-state index in [-0.39, 0.29) is 0 Å². The topological polar surface area (TPSA) is 50.2 Å². The van der Waals surface area contributed by atoms with Crippen molar-refractivity contribution < 1.29 is 9.90 Å². The summed E-state index contributed by atoms with van der Waals surface area (Å²) in [5.74, 6) is -0.918. The highest BCUT2D eigenvalue weighted by molar-refractivity contribution is 6.42. The Balaban J connectivity index is 1.88. The molecule has 112 valence electrons. The Kier molecular flexibility index (Phi) is 3.94. The van der Waals surface area contributed by atoms with E-state index in [1.165, 1.54) is 6.20 Å². The number of rotatable bonds is 3. The first kappa shape index (κ1) is 15.1. The van der Waals surface area contributed by atoms with Gasteiger partial charge in [-0.3, -0.25) is 4.98 Å². The smallest absolute Gasteiger partial charge is 0.336 e. The van der Waals surface area contributed by atoms with Crippen molar-refractivity contribution in [1.82, 2.24) is 4.98 Å². The molecule has 0 fully saturated rings.